The first kappa shape index (κ1) is 13.1. The molecule has 1 heterocycles. The number of hydrogen-bond donors (Lipinski definition) is 3. The summed E-state index contributed by atoms with van der Waals surface area (Å²) in [7, 11) is 0. The van der Waals surface area contributed by atoms with Gasteiger partial charge in [-0.2, -0.15) is 10.2 Å². The van der Waals surface area contributed by atoms with Crippen molar-refractivity contribution in [1.29, 1.82) is 0 Å². The van der Waals surface area contributed by atoms with Gasteiger partial charge in [-0.25, -0.2) is 0 Å². The molecule has 1 atom stereocenters. The number of benzene rings is 1. The van der Waals surface area contributed by atoms with Crippen molar-refractivity contribution in [3.05, 3.63) is 42.1 Å². The molecule has 1 unspecified atom stereocenters. The quantitative estimate of drug-likeness (QED) is 0.746. The molecule has 6 nitrogen and oxygen atoms in total. The second kappa shape index (κ2) is 6.01. The molecule has 19 heavy (non-hydrogen) atoms. The van der Waals surface area contributed by atoms with Crippen LogP contribution in [0.4, 0.5) is 5.69 Å². The molecule has 1 aliphatic rings. The highest BCUT2D eigenvalue weighted by Crippen LogP contribution is 2.22. The summed E-state index contributed by atoms with van der Waals surface area (Å²) >= 11 is 0. The van der Waals surface area contributed by atoms with E-state index in [2.05, 4.69) is 10.5 Å². The van der Waals surface area contributed by atoms with Gasteiger partial charge in [0.05, 0.1) is 18.0 Å². The molecular weight excluding hydrogens is 246 g/mol. The van der Waals surface area contributed by atoms with Crippen molar-refractivity contribution >= 4 is 17.9 Å². The van der Waals surface area contributed by atoms with Crippen LogP contribution in [0.3, 0.4) is 0 Å². The minimum absolute atomic E-state index is 0.0499. The SMILES string of the molecule is O=C(O)CCC(O)c1ccc(N2N=CC=CN2)cc1. The summed E-state index contributed by atoms with van der Waals surface area (Å²) in [6.45, 7) is 0. The van der Waals surface area contributed by atoms with Crippen molar-refractivity contribution in [3.63, 3.8) is 0 Å². The van der Waals surface area contributed by atoms with Crippen molar-refractivity contribution in [3.8, 4) is 0 Å². The van der Waals surface area contributed by atoms with Crippen molar-refractivity contribution in [2.75, 3.05) is 5.12 Å². The number of aliphatic carboxylic acids is 1. The van der Waals surface area contributed by atoms with Gasteiger partial charge in [0.1, 0.15) is 0 Å². The fraction of sp³-hybridized carbons (Fsp3) is 0.231. The minimum atomic E-state index is -0.908. The van der Waals surface area contributed by atoms with Gasteiger partial charge in [-0.15, -0.1) is 0 Å². The first-order valence-corrected chi connectivity index (χ1v) is 5.92. The van der Waals surface area contributed by atoms with Gasteiger partial charge in [0.15, 0.2) is 0 Å². The molecule has 0 saturated heterocycles. The fourth-order valence-electron chi connectivity index (χ4n) is 1.70. The zero-order valence-corrected chi connectivity index (χ0v) is 10.2. The smallest absolute Gasteiger partial charge is 0.303 e. The third-order valence-electron chi connectivity index (χ3n) is 2.72. The lowest BCUT2D eigenvalue weighted by molar-refractivity contribution is -0.137. The molecule has 100 valence electrons. The van der Waals surface area contributed by atoms with E-state index >= 15 is 0 Å². The molecule has 0 radical (unpaired) electrons. The summed E-state index contributed by atoms with van der Waals surface area (Å²) < 4.78 is 0. The Hall–Kier alpha value is -2.34. The fourth-order valence-corrected chi connectivity index (χ4v) is 1.70. The molecule has 1 aliphatic heterocycles. The Kier molecular flexibility index (Phi) is 4.15. The second-order valence-corrected chi connectivity index (χ2v) is 4.10. The van der Waals surface area contributed by atoms with Gasteiger partial charge in [0.2, 0.25) is 0 Å². The summed E-state index contributed by atoms with van der Waals surface area (Å²) in [5.41, 5.74) is 4.46. The van der Waals surface area contributed by atoms with Crippen LogP contribution in [0.2, 0.25) is 0 Å². The van der Waals surface area contributed by atoms with E-state index in [4.69, 9.17) is 5.11 Å². The van der Waals surface area contributed by atoms with Gasteiger partial charge in [-0.05, 0) is 30.2 Å². The maximum Gasteiger partial charge on any atom is 0.303 e. The average Bonchev–Trinajstić information content (AvgIpc) is 2.46. The largest absolute Gasteiger partial charge is 0.481 e. The van der Waals surface area contributed by atoms with E-state index in [0.717, 1.165) is 5.69 Å². The van der Waals surface area contributed by atoms with E-state index < -0.39 is 12.1 Å². The molecule has 1 aromatic carbocycles. The van der Waals surface area contributed by atoms with E-state index in [9.17, 15) is 9.90 Å². The number of carboxylic acids is 1. The van der Waals surface area contributed by atoms with Crippen molar-refractivity contribution in [2.45, 2.75) is 18.9 Å². The van der Waals surface area contributed by atoms with Crippen LogP contribution in [-0.4, -0.2) is 22.4 Å². The normalized spacial score (nSPS) is 15.1. The summed E-state index contributed by atoms with van der Waals surface area (Å²) in [5, 5.41) is 24.1. The van der Waals surface area contributed by atoms with Gasteiger partial charge in [0, 0.05) is 12.6 Å². The molecule has 0 aromatic heterocycles. The summed E-state index contributed by atoms with van der Waals surface area (Å²) in [5.74, 6) is -0.908. The zero-order chi connectivity index (χ0) is 13.7. The topological polar surface area (TPSA) is 85.2 Å². The molecular formula is C13H15N3O3. The third kappa shape index (κ3) is 3.56. The molecule has 0 bridgehead atoms. The number of rotatable bonds is 5. The summed E-state index contributed by atoms with van der Waals surface area (Å²) in [4.78, 5) is 10.4. The highest BCUT2D eigenvalue weighted by molar-refractivity contribution is 5.73. The molecule has 0 amide bonds. The number of hydrogen-bond acceptors (Lipinski definition) is 5. The number of carboxylic acid groups (broad SMARTS) is 1. The summed E-state index contributed by atoms with van der Waals surface area (Å²) in [6.07, 6.45) is 4.58. The van der Waals surface area contributed by atoms with Gasteiger partial charge >= 0.3 is 5.97 Å². The Bertz CT molecular complexity index is 496. The molecule has 3 N–H and O–H groups in total. The van der Waals surface area contributed by atoms with E-state index in [1.54, 1.807) is 35.7 Å². The zero-order valence-electron chi connectivity index (χ0n) is 10.2. The first-order valence-electron chi connectivity index (χ1n) is 5.92. The Morgan fingerprint density at radius 1 is 1.37 bits per heavy atom. The standard InChI is InChI=1S/C13H15N3O3/c17-12(6-7-13(18)19)10-2-4-11(5-3-10)16-14-8-1-9-15-16/h1-5,8-9,12,14,17H,6-7H2,(H,18,19). The Labute approximate surface area is 110 Å². The van der Waals surface area contributed by atoms with Crippen LogP contribution in [0.25, 0.3) is 0 Å². The predicted octanol–water partition coefficient (Wildman–Crippen LogP) is 1.41. The number of nitrogens with zero attached hydrogens (tertiary/aromatic N) is 2. The van der Waals surface area contributed by atoms with Crippen molar-refractivity contribution in [1.82, 2.24) is 5.43 Å². The number of anilines is 1. The molecule has 1 aromatic rings. The van der Waals surface area contributed by atoms with Gasteiger partial charge in [-0.3, -0.25) is 10.2 Å². The Balaban J connectivity index is 1.99. The van der Waals surface area contributed by atoms with Crippen molar-refractivity contribution in [2.24, 2.45) is 5.10 Å². The molecule has 0 aliphatic carbocycles. The molecule has 0 saturated carbocycles. The van der Waals surface area contributed by atoms with Crippen LogP contribution >= 0.6 is 0 Å². The number of hydrazone groups is 1. The van der Waals surface area contributed by atoms with Crippen LogP contribution in [0.5, 0.6) is 0 Å². The lowest BCUT2D eigenvalue weighted by Crippen LogP contribution is -2.30. The third-order valence-corrected chi connectivity index (χ3v) is 2.72. The molecule has 0 fully saturated rings. The van der Waals surface area contributed by atoms with E-state index in [0.29, 0.717) is 5.56 Å². The number of aliphatic hydroxyl groups excluding tert-OH is 1. The Morgan fingerprint density at radius 2 is 2.11 bits per heavy atom. The summed E-state index contributed by atoms with van der Waals surface area (Å²) in [6, 6.07) is 7.14. The number of carbonyl (C=O) groups is 1. The lowest BCUT2D eigenvalue weighted by atomic mass is 10.0. The molecule has 0 spiro atoms. The van der Waals surface area contributed by atoms with Gasteiger partial charge < -0.3 is 10.2 Å². The highest BCUT2D eigenvalue weighted by atomic mass is 16.4. The molecule has 2 rings (SSSR count). The van der Waals surface area contributed by atoms with E-state index in [-0.39, 0.29) is 12.8 Å². The van der Waals surface area contributed by atoms with Gasteiger partial charge in [-0.1, -0.05) is 12.1 Å². The number of aliphatic hydroxyl groups is 1. The van der Waals surface area contributed by atoms with Crippen LogP contribution in [0, 0.1) is 0 Å². The van der Waals surface area contributed by atoms with Gasteiger partial charge in [0.25, 0.3) is 0 Å². The maximum atomic E-state index is 10.4. The van der Waals surface area contributed by atoms with Crippen LogP contribution in [0.1, 0.15) is 24.5 Å². The predicted molar refractivity (Wildman–Crippen MR) is 71.5 cm³/mol. The molecule has 6 heteroatoms. The van der Waals surface area contributed by atoms with E-state index in [1.807, 2.05) is 12.1 Å². The van der Waals surface area contributed by atoms with E-state index in [1.165, 1.54) is 0 Å². The average molecular weight is 261 g/mol. The number of hydrazine groups is 1. The van der Waals surface area contributed by atoms with Crippen molar-refractivity contribution < 1.29 is 15.0 Å². The van der Waals surface area contributed by atoms with Crippen LogP contribution < -0.4 is 10.5 Å². The Morgan fingerprint density at radius 3 is 2.68 bits per heavy atom. The number of allylic oxidation sites excluding steroid dienone is 1. The second-order valence-electron chi connectivity index (χ2n) is 4.10. The maximum absolute atomic E-state index is 10.4. The van der Waals surface area contributed by atoms with Crippen LogP contribution in [0.15, 0.2) is 41.6 Å². The first-order chi connectivity index (χ1) is 9.16. The number of nitrogens with one attached hydrogen (secondary N) is 1. The monoisotopic (exact) mass is 261 g/mol. The highest BCUT2D eigenvalue weighted by Gasteiger charge is 2.11. The minimum Gasteiger partial charge on any atom is -0.481 e. The van der Waals surface area contributed by atoms with Crippen LogP contribution in [-0.2, 0) is 4.79 Å². The lowest BCUT2D eigenvalue weighted by Gasteiger charge is -2.20.